The van der Waals surface area contributed by atoms with Gasteiger partial charge in [-0.05, 0) is 54.4 Å². The highest BCUT2D eigenvalue weighted by molar-refractivity contribution is 5.32. The lowest BCUT2D eigenvalue weighted by Gasteiger charge is -2.15. The minimum Gasteiger partial charge on any atom is -0.0683 e. The maximum atomic E-state index is 2.26. The summed E-state index contributed by atoms with van der Waals surface area (Å²) in [7, 11) is 0. The lowest BCUT2D eigenvalue weighted by molar-refractivity contribution is 0.685. The topological polar surface area (TPSA) is 0 Å². The van der Waals surface area contributed by atoms with Crippen LogP contribution in [-0.4, -0.2) is 0 Å². The van der Waals surface area contributed by atoms with Crippen LogP contribution >= 0.6 is 0 Å². The molecule has 0 bridgehead atoms. The quantitative estimate of drug-likeness (QED) is 0.447. The fourth-order valence-electron chi connectivity index (χ4n) is 3.71. The van der Waals surface area contributed by atoms with Gasteiger partial charge in [-0.1, -0.05) is 106 Å². The molecule has 0 nitrogen and oxygen atoms in total. The van der Waals surface area contributed by atoms with Crippen molar-refractivity contribution in [3.8, 4) is 0 Å². The number of benzene rings is 3. The fraction of sp³-hybridized carbons (Fsp3) is 0.333. The molecule has 0 atom stereocenters. The van der Waals surface area contributed by atoms with Gasteiger partial charge in [-0.3, -0.25) is 0 Å². The first kappa shape index (κ1) is 21.0. The van der Waals surface area contributed by atoms with Crippen LogP contribution in [0.4, 0.5) is 0 Å². The molecule has 0 saturated carbocycles. The molecule has 0 aliphatic heterocycles. The fourth-order valence-corrected chi connectivity index (χ4v) is 3.71. The smallest absolute Gasteiger partial charge is 0.00867 e. The molecule has 0 amide bonds. The van der Waals surface area contributed by atoms with Gasteiger partial charge in [-0.15, -0.1) is 0 Å². The van der Waals surface area contributed by atoms with Crippen LogP contribution in [0.3, 0.4) is 0 Å². The largest absolute Gasteiger partial charge is 0.0683 e. The van der Waals surface area contributed by atoms with Crippen molar-refractivity contribution in [1.29, 1.82) is 0 Å². The normalized spacial score (nSPS) is 12.1. The van der Waals surface area contributed by atoms with E-state index in [-0.39, 0.29) is 0 Å². The Morgan fingerprint density at radius 2 is 0.963 bits per heavy atom. The van der Waals surface area contributed by atoms with Crippen molar-refractivity contribution in [3.63, 3.8) is 0 Å². The van der Waals surface area contributed by atoms with Gasteiger partial charge >= 0.3 is 0 Å². The Kier molecular flexibility index (Phi) is 9.41. The standard InChI is InChI=1S/C15H16.C10H12.C2H6/c1-2-15(13-9-5-3-6-10-13)14-11-7-4-8-12-14;1-2-6-10-8-4-3-7-9(10)5-1;1-2/h3-12,15H,2H2,1H3;1-2,5-6H,3-4,7-8H2;1-2H3. The highest BCUT2D eigenvalue weighted by atomic mass is 14.1. The predicted molar refractivity (Wildman–Crippen MR) is 119 cm³/mol. The molecule has 0 unspecified atom stereocenters. The Labute approximate surface area is 166 Å². The molecular formula is C27H34. The van der Waals surface area contributed by atoms with E-state index in [1.54, 1.807) is 11.1 Å². The molecule has 0 radical (unpaired) electrons. The second-order valence-electron chi connectivity index (χ2n) is 6.76. The summed E-state index contributed by atoms with van der Waals surface area (Å²) in [5.41, 5.74) is 5.97. The summed E-state index contributed by atoms with van der Waals surface area (Å²) in [5, 5.41) is 0. The van der Waals surface area contributed by atoms with Crippen molar-refractivity contribution in [2.75, 3.05) is 0 Å². The number of fused-ring (bicyclic) bond motifs is 1. The van der Waals surface area contributed by atoms with Gasteiger partial charge in [-0.2, -0.15) is 0 Å². The van der Waals surface area contributed by atoms with Crippen LogP contribution in [0, 0.1) is 0 Å². The van der Waals surface area contributed by atoms with E-state index in [4.69, 9.17) is 0 Å². The van der Waals surface area contributed by atoms with Crippen LogP contribution in [0.25, 0.3) is 0 Å². The Balaban J connectivity index is 0.000000189. The molecule has 0 N–H and O–H groups in total. The molecule has 0 heteroatoms. The van der Waals surface area contributed by atoms with E-state index in [1.807, 2.05) is 13.8 Å². The predicted octanol–water partition coefficient (Wildman–Crippen LogP) is 7.82. The number of rotatable bonds is 3. The van der Waals surface area contributed by atoms with Crippen LogP contribution < -0.4 is 0 Å². The maximum Gasteiger partial charge on any atom is 0.00867 e. The molecule has 0 spiro atoms. The lowest BCUT2D eigenvalue weighted by atomic mass is 9.89. The van der Waals surface area contributed by atoms with Crippen molar-refractivity contribution in [2.24, 2.45) is 0 Å². The molecule has 1 aliphatic rings. The van der Waals surface area contributed by atoms with E-state index < -0.39 is 0 Å². The average molecular weight is 359 g/mol. The molecule has 142 valence electrons. The number of hydrogen-bond acceptors (Lipinski definition) is 0. The van der Waals surface area contributed by atoms with Gasteiger partial charge in [-0.25, -0.2) is 0 Å². The van der Waals surface area contributed by atoms with Gasteiger partial charge in [0.1, 0.15) is 0 Å². The van der Waals surface area contributed by atoms with Crippen molar-refractivity contribution in [1.82, 2.24) is 0 Å². The van der Waals surface area contributed by atoms with Crippen molar-refractivity contribution in [2.45, 2.75) is 58.8 Å². The zero-order chi connectivity index (χ0) is 19.3. The Morgan fingerprint density at radius 3 is 1.33 bits per heavy atom. The van der Waals surface area contributed by atoms with E-state index >= 15 is 0 Å². The second-order valence-corrected chi connectivity index (χ2v) is 6.76. The van der Waals surface area contributed by atoms with Crippen LogP contribution in [0.2, 0.25) is 0 Å². The van der Waals surface area contributed by atoms with Crippen LogP contribution in [0.5, 0.6) is 0 Å². The molecule has 0 heterocycles. The highest BCUT2D eigenvalue weighted by Crippen LogP contribution is 2.27. The van der Waals surface area contributed by atoms with Crippen molar-refractivity contribution < 1.29 is 0 Å². The molecule has 0 aromatic heterocycles. The van der Waals surface area contributed by atoms with Crippen LogP contribution in [0.15, 0.2) is 84.9 Å². The molecule has 1 aliphatic carbocycles. The SMILES string of the molecule is CC.CCC(c1ccccc1)c1ccccc1.c1ccc2c(c1)CCCC2. The molecular weight excluding hydrogens is 324 g/mol. The van der Waals surface area contributed by atoms with Gasteiger partial charge in [0.25, 0.3) is 0 Å². The Bertz CT molecular complexity index is 679. The molecule has 3 aromatic rings. The first-order valence-electron chi connectivity index (χ1n) is 10.5. The lowest BCUT2D eigenvalue weighted by Crippen LogP contribution is -2.00. The summed E-state index contributed by atoms with van der Waals surface area (Å²) in [6.07, 6.45) is 6.52. The van der Waals surface area contributed by atoms with Gasteiger partial charge in [0, 0.05) is 5.92 Å². The van der Waals surface area contributed by atoms with Gasteiger partial charge in [0.05, 0.1) is 0 Å². The van der Waals surface area contributed by atoms with Crippen LogP contribution in [-0.2, 0) is 12.8 Å². The minimum absolute atomic E-state index is 0.535. The minimum atomic E-state index is 0.535. The number of aryl methyl sites for hydroxylation is 2. The van der Waals surface area contributed by atoms with Gasteiger partial charge in [0.15, 0.2) is 0 Å². The summed E-state index contributed by atoms with van der Waals surface area (Å²) in [5.74, 6) is 0.535. The van der Waals surface area contributed by atoms with E-state index in [1.165, 1.54) is 36.8 Å². The third-order valence-corrected chi connectivity index (χ3v) is 5.07. The van der Waals surface area contributed by atoms with Crippen LogP contribution in [0.1, 0.15) is 68.2 Å². The third-order valence-electron chi connectivity index (χ3n) is 5.07. The van der Waals surface area contributed by atoms with Crippen molar-refractivity contribution in [3.05, 3.63) is 107 Å². The molecule has 0 saturated heterocycles. The van der Waals surface area contributed by atoms with E-state index in [0.29, 0.717) is 5.92 Å². The van der Waals surface area contributed by atoms with Crippen molar-refractivity contribution >= 4 is 0 Å². The highest BCUT2D eigenvalue weighted by Gasteiger charge is 2.10. The third kappa shape index (κ3) is 6.40. The first-order valence-corrected chi connectivity index (χ1v) is 10.5. The summed E-state index contributed by atoms with van der Waals surface area (Å²) in [4.78, 5) is 0. The molecule has 3 aromatic carbocycles. The molecule has 4 rings (SSSR count). The van der Waals surface area contributed by atoms with E-state index in [0.717, 1.165) is 6.42 Å². The maximum absolute atomic E-state index is 2.26. The van der Waals surface area contributed by atoms with E-state index in [2.05, 4.69) is 91.9 Å². The summed E-state index contributed by atoms with van der Waals surface area (Å²) in [6.45, 7) is 6.24. The summed E-state index contributed by atoms with van der Waals surface area (Å²) < 4.78 is 0. The molecule has 0 fully saturated rings. The summed E-state index contributed by atoms with van der Waals surface area (Å²) >= 11 is 0. The van der Waals surface area contributed by atoms with Gasteiger partial charge in [0.2, 0.25) is 0 Å². The number of hydrogen-bond donors (Lipinski definition) is 0. The first-order chi connectivity index (χ1) is 13.4. The van der Waals surface area contributed by atoms with E-state index in [9.17, 15) is 0 Å². The summed E-state index contributed by atoms with van der Waals surface area (Å²) in [6, 6.07) is 30.2. The molecule has 27 heavy (non-hydrogen) atoms. The Hall–Kier alpha value is -2.34. The second kappa shape index (κ2) is 12.1. The average Bonchev–Trinajstić information content (AvgIpc) is 2.78. The zero-order valence-corrected chi connectivity index (χ0v) is 17.2. The zero-order valence-electron chi connectivity index (χ0n) is 17.2. The monoisotopic (exact) mass is 358 g/mol. The Morgan fingerprint density at radius 1 is 0.593 bits per heavy atom. The van der Waals surface area contributed by atoms with Gasteiger partial charge < -0.3 is 0 Å².